The fourth-order valence-electron chi connectivity index (χ4n) is 15.9. The van der Waals surface area contributed by atoms with Crippen LogP contribution >= 0.6 is 0 Å². The Hall–Kier alpha value is -1.66. The fourth-order valence-corrected chi connectivity index (χ4v) is 15.9. The van der Waals surface area contributed by atoms with Gasteiger partial charge in [0, 0.05) is 155 Å². The molecule has 35 nitrogen and oxygen atoms in total. The van der Waals surface area contributed by atoms with Crippen molar-refractivity contribution in [1.82, 2.24) is 5.32 Å². The maximum absolute atomic E-state index is 7.23. The lowest BCUT2D eigenvalue weighted by molar-refractivity contribution is -0.402. The highest BCUT2D eigenvalue weighted by atomic mass is 16.8. The van der Waals surface area contributed by atoms with Gasteiger partial charge < -0.3 is 166 Å². The van der Waals surface area contributed by atoms with Crippen molar-refractivity contribution >= 4 is 0 Å². The van der Waals surface area contributed by atoms with E-state index in [1.54, 1.807) is 21.3 Å². The average molecular weight is 1540 g/mol. The molecule has 21 aliphatic rings. The lowest BCUT2D eigenvalue weighted by Gasteiger charge is -2.52. The van der Waals surface area contributed by atoms with Crippen molar-refractivity contribution in [3.63, 3.8) is 0 Å². The number of hydrogen-bond donors (Lipinski definition) is 1. The lowest BCUT2D eigenvalue weighted by atomic mass is 9.94. The molecule has 21 saturated heterocycles. The summed E-state index contributed by atoms with van der Waals surface area (Å²) in [6, 6.07) is 0. The SMILES string of the molecule is CCCCCCC=CCNC[C@H]1O[C@@H]2O[C@H]3[C@H](OC)[C@@H](OC)[C@@H](O[C@H]4[C@H](OC)[C@@H](OC)[C@@H](O[C@H]5[C@H](OC)[C@@H](OC)[C@@H](O[C@H]6[C@H](OC)[C@@H](OC)[C@@H](O[C@H]7[C@H](OC)[C@@H](OC)[C@@H](O[C@H]8[C@H](OC)[C@@H](OC)[C@@H](O[C@H]1[C@H](OC)[C@H]2OC)O[C@@H]8COC)O[C@@H]7COC)O[C@@H]6COC)O[C@@H]5COC)O[C@@H]4COC)O[C@@H]3COC. The van der Waals surface area contributed by atoms with E-state index < -0.39 is 215 Å². The Morgan fingerprint density at radius 1 is 0.226 bits per heavy atom. The lowest BCUT2D eigenvalue weighted by Crippen LogP contribution is -2.69. The predicted molar refractivity (Wildman–Crippen MR) is 368 cm³/mol. The van der Waals surface area contributed by atoms with Gasteiger partial charge in [-0.05, 0) is 12.8 Å². The van der Waals surface area contributed by atoms with E-state index in [-0.39, 0.29) is 46.2 Å². The van der Waals surface area contributed by atoms with Crippen molar-refractivity contribution in [3.8, 4) is 0 Å². The number of hydrogen-bond acceptors (Lipinski definition) is 35. The number of nitrogens with one attached hydrogen (secondary N) is 1. The molecule has 14 bridgehead atoms. The molecular formula is C71H127NO34. The van der Waals surface area contributed by atoms with Crippen molar-refractivity contribution < 1.29 is 161 Å². The minimum absolute atomic E-state index is 0.0299. The van der Waals surface area contributed by atoms with Crippen molar-refractivity contribution in [1.29, 1.82) is 0 Å². The molecule has 0 amide bonds. The number of methoxy groups -OCH3 is 20. The van der Waals surface area contributed by atoms with Gasteiger partial charge in [-0.3, -0.25) is 0 Å². The minimum atomic E-state index is -1.22. The quantitative estimate of drug-likeness (QED) is 0.0683. The molecule has 21 heterocycles. The normalized spacial score (nSPS) is 43.6. The molecule has 0 radical (unpaired) electrons. The molecule has 0 aromatic carbocycles. The van der Waals surface area contributed by atoms with Crippen LogP contribution in [0.1, 0.15) is 39.0 Å². The molecule has 21 rings (SSSR count). The van der Waals surface area contributed by atoms with Crippen LogP contribution in [0.15, 0.2) is 12.2 Å². The molecule has 0 saturated carbocycles. The monoisotopic (exact) mass is 1540 g/mol. The van der Waals surface area contributed by atoms with Crippen molar-refractivity contribution in [3.05, 3.63) is 12.2 Å². The highest BCUT2D eigenvalue weighted by molar-refractivity contribution is 5.05. The Bertz CT molecular complexity index is 2390. The summed E-state index contributed by atoms with van der Waals surface area (Å²) in [4.78, 5) is 0. The highest BCUT2D eigenvalue weighted by Gasteiger charge is 2.62. The Morgan fingerprint density at radius 3 is 0.613 bits per heavy atom. The van der Waals surface area contributed by atoms with Gasteiger partial charge >= 0.3 is 0 Å². The maximum atomic E-state index is 7.23. The van der Waals surface area contributed by atoms with Crippen LogP contribution in [0.4, 0.5) is 0 Å². The smallest absolute Gasteiger partial charge is 0.187 e. The van der Waals surface area contributed by atoms with Crippen molar-refractivity contribution in [2.45, 2.75) is 254 Å². The van der Waals surface area contributed by atoms with Crippen LogP contribution in [-0.2, 0) is 161 Å². The summed E-state index contributed by atoms with van der Waals surface area (Å²) in [7, 11) is 30.5. The van der Waals surface area contributed by atoms with Crippen molar-refractivity contribution in [2.75, 3.05) is 195 Å². The maximum Gasteiger partial charge on any atom is 0.187 e. The molecule has 0 aromatic rings. The first-order valence-electron chi connectivity index (χ1n) is 36.6. The molecule has 1 N–H and O–H groups in total. The summed E-state index contributed by atoms with van der Waals surface area (Å²) in [5.41, 5.74) is 0. The molecule has 35 heteroatoms. The summed E-state index contributed by atoms with van der Waals surface area (Å²) in [6.45, 7) is 2.70. The van der Waals surface area contributed by atoms with Crippen LogP contribution in [0.5, 0.6) is 0 Å². The molecule has 0 aromatic heterocycles. The van der Waals surface area contributed by atoms with E-state index in [0.717, 1.165) is 25.7 Å². The van der Waals surface area contributed by atoms with Crippen LogP contribution < -0.4 is 5.32 Å². The van der Waals surface area contributed by atoms with Crippen molar-refractivity contribution in [2.24, 2.45) is 0 Å². The third-order valence-corrected chi connectivity index (χ3v) is 21.0. The molecule has 0 unspecified atom stereocenters. The Balaban J connectivity index is 1.24. The minimum Gasteiger partial charge on any atom is -0.382 e. The largest absolute Gasteiger partial charge is 0.382 e. The van der Waals surface area contributed by atoms with E-state index in [9.17, 15) is 0 Å². The standard InChI is InChI=1S/C71H127NO34/c1-22-23-24-25-26-27-28-29-72-30-37-44-51(79-8)58(86-15)65(93-37)101-45-38(31-73-2)95-67(60(88-17)52(45)80-9)103-47-40(33-75-4)97-69(62(90-19)54(47)82-11)105-49-42(35-77-6)99-71(64(92-21)56(49)84-13)106-50-43(36-78-7)98-70(63(91-20)57(50)85-14)104-48-41(34-76-5)96-68(61(89-18)55(48)83-12)102-46-39(32-74-3)94-66(100-44)59(87-16)53(46)81-10/h27-28,37-72H,22-26,29-36H2,1-21H3/t37-,38-,39-,40-,41-,42-,43-,44-,45-,46-,47-,48-,49-,50-,51+,52+,53+,54+,55+,56+,57+,58-,59-,60-,61-,62-,63-,64-,65-,66-,67-,68-,69-,70-,71-/m1/s1. The van der Waals surface area contributed by atoms with Gasteiger partial charge in [0.25, 0.3) is 0 Å². The van der Waals surface area contributed by atoms with Gasteiger partial charge in [-0.1, -0.05) is 38.3 Å². The molecule has 106 heavy (non-hydrogen) atoms. The average Bonchev–Trinajstić information content (AvgIpc) is 0.766. The van der Waals surface area contributed by atoms with E-state index in [1.807, 2.05) is 0 Å². The number of rotatable bonds is 35. The second-order valence-electron chi connectivity index (χ2n) is 27.0. The first-order chi connectivity index (χ1) is 51.7. The second kappa shape index (κ2) is 46.0. The zero-order valence-electron chi connectivity index (χ0n) is 65.9. The zero-order valence-corrected chi connectivity index (χ0v) is 65.9. The summed E-state index contributed by atoms with van der Waals surface area (Å²) in [6.07, 6.45) is -26.0. The van der Waals surface area contributed by atoms with Crippen LogP contribution in [0.25, 0.3) is 0 Å². The predicted octanol–water partition coefficient (Wildman–Crippen LogP) is 0.975. The van der Waals surface area contributed by atoms with Crippen LogP contribution in [0.2, 0.25) is 0 Å². The molecule has 0 aliphatic carbocycles. The number of allylic oxidation sites excluding steroid dienone is 1. The van der Waals surface area contributed by atoms with E-state index >= 15 is 0 Å². The Labute approximate surface area is 625 Å². The first-order valence-corrected chi connectivity index (χ1v) is 36.6. The van der Waals surface area contributed by atoms with Gasteiger partial charge in [-0.15, -0.1) is 0 Å². The highest BCUT2D eigenvalue weighted by Crippen LogP contribution is 2.43. The second-order valence-corrected chi connectivity index (χ2v) is 27.0. The van der Waals surface area contributed by atoms with Gasteiger partial charge in [0.2, 0.25) is 0 Å². The number of unbranched alkanes of at least 4 members (excludes halogenated alkanes) is 4. The van der Waals surface area contributed by atoms with E-state index in [0.29, 0.717) is 6.54 Å². The molecule has 0 spiro atoms. The van der Waals surface area contributed by atoms with Gasteiger partial charge in [0.15, 0.2) is 44.0 Å². The third kappa shape index (κ3) is 21.1. The van der Waals surface area contributed by atoms with Crippen LogP contribution in [0.3, 0.4) is 0 Å². The van der Waals surface area contributed by atoms with Gasteiger partial charge in [-0.25, -0.2) is 0 Å². The topological polar surface area (TPSA) is 326 Å². The third-order valence-electron chi connectivity index (χ3n) is 21.0. The Morgan fingerprint density at radius 2 is 0.425 bits per heavy atom. The van der Waals surface area contributed by atoms with Gasteiger partial charge in [-0.2, -0.15) is 0 Å². The first kappa shape index (κ1) is 89.9. The van der Waals surface area contributed by atoms with Crippen LogP contribution in [0, 0.1) is 0 Å². The van der Waals surface area contributed by atoms with Gasteiger partial charge in [0.1, 0.15) is 171 Å². The van der Waals surface area contributed by atoms with Gasteiger partial charge in [0.05, 0.1) is 39.6 Å². The van der Waals surface area contributed by atoms with Crippen LogP contribution in [-0.4, -0.2) is 410 Å². The molecule has 35 atom stereocenters. The summed E-state index contributed by atoms with van der Waals surface area (Å²) < 4.78 is 223. The molecule has 620 valence electrons. The summed E-state index contributed by atoms with van der Waals surface area (Å²) in [5, 5.41) is 3.57. The summed E-state index contributed by atoms with van der Waals surface area (Å²) >= 11 is 0. The molecular weight excluding hydrogens is 1410 g/mol. The molecule has 21 fully saturated rings. The Kier molecular flexibility index (Phi) is 39.0. The molecule has 21 aliphatic heterocycles. The van der Waals surface area contributed by atoms with E-state index in [2.05, 4.69) is 24.4 Å². The zero-order chi connectivity index (χ0) is 76.6. The summed E-state index contributed by atoms with van der Waals surface area (Å²) in [5.74, 6) is 0. The van der Waals surface area contributed by atoms with E-state index in [1.165, 1.54) is 127 Å². The fraction of sp³-hybridized carbons (Fsp3) is 0.972. The van der Waals surface area contributed by atoms with E-state index in [4.69, 9.17) is 161 Å². The number of ether oxygens (including phenoxy) is 34.